The van der Waals surface area contributed by atoms with Crippen LogP contribution in [0.2, 0.25) is 0 Å². The van der Waals surface area contributed by atoms with Crippen LogP contribution in [0.5, 0.6) is 0 Å². The second kappa shape index (κ2) is 23.5. The largest absolute Gasteiger partial charge is 1.00 e. The summed E-state index contributed by atoms with van der Waals surface area (Å²) in [6, 6.07) is 0. The van der Waals surface area contributed by atoms with Gasteiger partial charge in [0.25, 0.3) is 0 Å². The van der Waals surface area contributed by atoms with Crippen LogP contribution in [0.15, 0.2) is 12.2 Å². The van der Waals surface area contributed by atoms with Gasteiger partial charge in [-0.2, -0.15) is 0 Å². The van der Waals surface area contributed by atoms with Crippen molar-refractivity contribution >= 4 is 17.7 Å². The molecule has 3 spiro atoms. The number of rotatable bonds is 6. The predicted octanol–water partition coefficient (Wildman–Crippen LogP) is 7.24. The average Bonchev–Trinajstić information content (AvgIpc) is 4.29. The molecule has 7 aliphatic heterocycles. The van der Waals surface area contributed by atoms with Crippen LogP contribution in [-0.4, -0.2) is 161 Å². The first-order valence-electron chi connectivity index (χ1n) is 30.0. The molecule has 1 unspecified atom stereocenters. The van der Waals surface area contributed by atoms with Gasteiger partial charge in [0.2, 0.25) is 0 Å². The van der Waals surface area contributed by atoms with Crippen molar-refractivity contribution in [2.75, 3.05) is 0 Å². The molecule has 24 atom stereocenters. The minimum absolute atomic E-state index is 0. The number of hydrogen-bond donors (Lipinski definition) is 7. The van der Waals surface area contributed by atoms with E-state index in [1.807, 2.05) is 0 Å². The molecule has 78 heavy (non-hydrogen) atoms. The van der Waals surface area contributed by atoms with Crippen LogP contribution in [0, 0.1) is 52.8 Å². The number of carbonyl (C=O) groups is 3. The van der Waals surface area contributed by atoms with Crippen molar-refractivity contribution in [1.29, 1.82) is 0 Å². The molecule has 8 bridgehead atoms. The van der Waals surface area contributed by atoms with Gasteiger partial charge in [0.05, 0.1) is 78.7 Å². The van der Waals surface area contributed by atoms with Crippen LogP contribution in [0.4, 0.5) is 0 Å². The van der Waals surface area contributed by atoms with E-state index in [1.165, 1.54) is 0 Å². The number of aliphatic hydroxyl groups excluding tert-OH is 4. The van der Waals surface area contributed by atoms with E-state index in [1.54, 1.807) is 6.92 Å². The maximum Gasteiger partial charge on any atom is 1.00 e. The number of carboxylic acid groups (broad SMARTS) is 1. The number of fused-ring (bicyclic) bond motifs is 5. The number of ketones is 1. The highest BCUT2D eigenvalue weighted by Crippen LogP contribution is 2.56. The van der Waals surface area contributed by atoms with E-state index >= 15 is 0 Å². The van der Waals surface area contributed by atoms with Crippen LogP contribution in [0.25, 0.3) is 0 Å². The molecule has 0 aromatic carbocycles. The zero-order valence-corrected chi connectivity index (χ0v) is 49.0. The fraction of sp³-hybridized carbons (Fsp3) is 0.918. The third-order valence-electron chi connectivity index (χ3n) is 21.2. The Balaban J connectivity index is 0.000000143. The summed E-state index contributed by atoms with van der Waals surface area (Å²) in [5.74, 6) is 3.57. The lowest BCUT2D eigenvalue weighted by Crippen LogP contribution is -2.56. The van der Waals surface area contributed by atoms with Crippen LogP contribution in [0.3, 0.4) is 0 Å². The molecule has 12 rings (SSSR count). The second-order valence-corrected chi connectivity index (χ2v) is 28.5. The van der Waals surface area contributed by atoms with Gasteiger partial charge in [0.1, 0.15) is 29.2 Å². The van der Waals surface area contributed by atoms with Crippen molar-refractivity contribution in [3.05, 3.63) is 12.2 Å². The van der Waals surface area contributed by atoms with Crippen molar-refractivity contribution in [2.24, 2.45) is 52.8 Å². The molecule has 12 fully saturated rings. The molecule has 0 amide bonds. The Kier molecular flexibility index (Phi) is 18.7. The van der Waals surface area contributed by atoms with Gasteiger partial charge in [-0.25, -0.2) is 4.79 Å². The number of aliphatic hydroxyl groups is 6. The van der Waals surface area contributed by atoms with E-state index in [0.29, 0.717) is 90.3 Å². The highest BCUT2D eigenvalue weighted by atomic mass is 16.7. The molecule has 12 aliphatic rings. The molecule has 7 N–H and O–H groups in total. The summed E-state index contributed by atoms with van der Waals surface area (Å²) < 4.78 is 41.7. The fourth-order valence-electron chi connectivity index (χ4n) is 15.8. The maximum absolute atomic E-state index is 11.3. The van der Waals surface area contributed by atoms with Crippen molar-refractivity contribution in [3.63, 3.8) is 0 Å². The van der Waals surface area contributed by atoms with Crippen molar-refractivity contribution in [2.45, 2.75) is 300 Å². The number of Topliss-reactive ketones (excluding diaryl/α,β-unsaturated/α-hetero) is 1. The van der Waals surface area contributed by atoms with Crippen LogP contribution in [-0.2, 0) is 47.5 Å². The molecule has 17 heteroatoms. The van der Waals surface area contributed by atoms with Gasteiger partial charge < -0.3 is 68.9 Å². The van der Waals surface area contributed by atoms with Crippen molar-refractivity contribution < 1.29 is 84.7 Å². The van der Waals surface area contributed by atoms with Gasteiger partial charge >= 0.3 is 13.4 Å². The molecule has 0 aromatic heterocycles. The van der Waals surface area contributed by atoms with Gasteiger partial charge in [-0.1, -0.05) is 88.3 Å². The Bertz CT molecular complexity index is 2130. The first kappa shape index (κ1) is 61.9. The molecule has 5 saturated carbocycles. The molecule has 446 valence electrons. The number of carboxylic acids is 1. The number of hydrogen-bond acceptors (Lipinski definition) is 16. The highest BCUT2D eigenvalue weighted by Gasteiger charge is 2.63. The molecule has 0 aromatic rings. The number of esters is 1. The monoisotopic (exact) mass is 1110 g/mol. The van der Waals surface area contributed by atoms with E-state index < -0.39 is 54.6 Å². The predicted molar refractivity (Wildman–Crippen MR) is 289 cm³/mol. The van der Waals surface area contributed by atoms with Gasteiger partial charge in [0, 0.05) is 51.4 Å². The van der Waals surface area contributed by atoms with E-state index in [9.17, 15) is 29.7 Å². The van der Waals surface area contributed by atoms with Crippen LogP contribution >= 0.6 is 0 Å². The zero-order valence-electron chi connectivity index (χ0n) is 50.0. The maximum atomic E-state index is 11.3. The Labute approximate surface area is 465 Å². The fourth-order valence-corrected chi connectivity index (χ4v) is 15.8. The molecule has 0 radical (unpaired) electrons. The Morgan fingerprint density at radius 2 is 1.10 bits per heavy atom. The van der Waals surface area contributed by atoms with E-state index in [4.69, 9.17) is 53.6 Å². The van der Waals surface area contributed by atoms with E-state index in [2.05, 4.69) is 88.3 Å². The lowest BCUT2D eigenvalue weighted by molar-refractivity contribution is -0.187. The lowest BCUT2D eigenvalue weighted by atomic mass is 9.70. The topological polar surface area (TPSA) is 257 Å². The Morgan fingerprint density at radius 1 is 0.615 bits per heavy atom. The summed E-state index contributed by atoms with van der Waals surface area (Å²) in [6.07, 6.45) is 14.1. The van der Waals surface area contributed by atoms with Gasteiger partial charge in [-0.05, 0) is 111 Å². The number of allylic oxidation sites excluding steroid dienone is 1. The van der Waals surface area contributed by atoms with E-state index in [-0.39, 0.29) is 66.6 Å². The minimum atomic E-state index is -2.14. The van der Waals surface area contributed by atoms with Crippen molar-refractivity contribution in [3.8, 4) is 0 Å². The molecule has 5 aliphatic carbocycles. The summed E-state index contributed by atoms with van der Waals surface area (Å²) in [7, 11) is 0. The SMILES string of the molecule is CC(=O)C[C@H]1CC[C@@H]2O[C@@H]3C[C@]2(C[C@@H](C)[C@H]3C)O1.C[C@@H]1[C@H](C)C[C@]2(O)C[C@H]1O[C@H]2C/C=C/CC(C)(C)C.C[C@@H]1[C@H](C)C[C@]23C[C@H]1O[C@H]2CC(=O)O3.C[C@@H]1[C@H](C)C[C@]23C[C@H]1O[C@H]2CC(O)O3.O=C(O)C1(O)C[C@@H](O)C(O)[C@H](O)C1.[H+]. The number of carbonyl (C=O) groups excluding carboxylic acids is 2. The lowest BCUT2D eigenvalue weighted by Gasteiger charge is -2.45. The zero-order chi connectivity index (χ0) is 57.2. The van der Waals surface area contributed by atoms with Gasteiger partial charge in [-0.15, -0.1) is 0 Å². The number of aliphatic carboxylic acids is 1. The quantitative estimate of drug-likeness (QED) is 0.102. The third kappa shape index (κ3) is 13.0. The standard InChI is InChI=1S/C17H30O2.C15H24O3.C11H18O3.C11H16O3.C7H12O6/c1-12-10-17(18)11-14(13(12)2)19-15(17)8-6-7-9-16(3,4)5;1-9-7-15-8-13(11(9)3)17-14(15)5-4-12(18-15)6-10(2)16;2*1-6-4-11-5-8(7(6)2)13-9(11)3-10(12)14-11;8-3-1-7(13,6(11)12)2-4(9)5(3)10/h6-7,12-15,18H,8-11H2,1-5H3;9,11-14H,4-8H2,1-3H3;6-10,12H,3-5H2,1-2H3;6-9H,3-5H2,1-2H3;3-5,8-10,13H,1-2H2,(H,11,12)/p+1/b7-6+;;;;/t12-,13-,14-,15+,17+;9-,11-,12-,13-,14+,15+;6-,7-,8-,9+,10?,11+;6-,7-,8-,9+,11+;3-,4-,5?,7?/m11111/s1. The summed E-state index contributed by atoms with van der Waals surface area (Å²) in [6.45, 7) is 26.5. The first-order chi connectivity index (χ1) is 36.3. The van der Waals surface area contributed by atoms with E-state index in [0.717, 1.165) is 77.0 Å². The molecule has 7 heterocycles. The average molecular weight is 1110 g/mol. The van der Waals surface area contributed by atoms with Gasteiger partial charge in [0.15, 0.2) is 11.9 Å². The van der Waals surface area contributed by atoms with Crippen LogP contribution < -0.4 is 0 Å². The molecule has 7 saturated heterocycles. The summed E-state index contributed by atoms with van der Waals surface area (Å²) in [5, 5.41) is 65.5. The summed E-state index contributed by atoms with van der Waals surface area (Å²) in [5.41, 5.74) is -2.85. The normalized spacial score (nSPS) is 50.9. The minimum Gasteiger partial charge on any atom is -0.479 e. The number of ether oxygens (including phenoxy) is 7. The summed E-state index contributed by atoms with van der Waals surface area (Å²) in [4.78, 5) is 33.0. The summed E-state index contributed by atoms with van der Waals surface area (Å²) >= 11 is 0. The molecular formula is C61H101O17+. The smallest absolute Gasteiger partial charge is 0.479 e. The Morgan fingerprint density at radius 3 is 1.64 bits per heavy atom. The molecular weight excluding hydrogens is 1000 g/mol. The van der Waals surface area contributed by atoms with Crippen LogP contribution in [0.1, 0.15) is 194 Å². The highest BCUT2D eigenvalue weighted by molar-refractivity contribution is 5.77. The first-order valence-corrected chi connectivity index (χ1v) is 30.0. The second-order valence-electron chi connectivity index (χ2n) is 28.5. The molecule has 17 nitrogen and oxygen atoms in total. The van der Waals surface area contributed by atoms with Crippen molar-refractivity contribution in [1.82, 2.24) is 0 Å². The van der Waals surface area contributed by atoms with Gasteiger partial charge in [-0.3, -0.25) is 9.59 Å². The Hall–Kier alpha value is -2.13. The third-order valence-corrected chi connectivity index (χ3v) is 21.2.